The van der Waals surface area contributed by atoms with Crippen LogP contribution in [0.3, 0.4) is 0 Å². The van der Waals surface area contributed by atoms with E-state index in [0.717, 1.165) is 6.42 Å². The smallest absolute Gasteiger partial charge is 0.326 e. The maximum Gasteiger partial charge on any atom is 0.326 e. The molecule has 0 radical (unpaired) electrons. The molecule has 8 N–H and O–H groups in total. The first-order chi connectivity index (χ1) is 17.5. The number of phenols is 1. The van der Waals surface area contributed by atoms with Gasteiger partial charge < -0.3 is 37.2 Å². The maximum atomic E-state index is 13.1. The minimum atomic E-state index is -1.28. The van der Waals surface area contributed by atoms with Crippen molar-refractivity contribution in [3.05, 3.63) is 29.8 Å². The average Bonchev–Trinajstić information content (AvgIpc) is 3.36. The van der Waals surface area contributed by atoms with Crippen LogP contribution in [-0.4, -0.2) is 70.5 Å². The molecule has 2 rings (SSSR count). The van der Waals surface area contributed by atoms with Crippen molar-refractivity contribution in [2.45, 2.75) is 76.5 Å². The summed E-state index contributed by atoms with van der Waals surface area (Å²) in [5.74, 6) is -3.64. The van der Waals surface area contributed by atoms with Crippen LogP contribution in [0.15, 0.2) is 24.3 Å². The Labute approximate surface area is 215 Å². The van der Waals surface area contributed by atoms with Crippen molar-refractivity contribution >= 4 is 29.6 Å². The van der Waals surface area contributed by atoms with E-state index in [1.165, 1.54) is 12.1 Å². The molecular weight excluding hydrogens is 482 g/mol. The summed E-state index contributed by atoms with van der Waals surface area (Å²) in [6, 6.07) is 2.03. The molecule has 4 unspecified atom stereocenters. The number of carbonyl (C=O) groups excluding carboxylic acids is 4. The maximum absolute atomic E-state index is 13.1. The number of nitrogens with two attached hydrogens (primary N) is 1. The highest BCUT2D eigenvalue weighted by molar-refractivity contribution is 5.94. The number of phenolic OH excluding ortho intramolecular Hbond substituents is 1. The Morgan fingerprint density at radius 3 is 2.16 bits per heavy atom. The third-order valence-electron chi connectivity index (χ3n) is 6.02. The molecule has 1 fully saturated rings. The van der Waals surface area contributed by atoms with E-state index in [9.17, 15) is 34.2 Å². The summed E-state index contributed by atoms with van der Waals surface area (Å²) in [6.45, 7) is 4.37. The molecule has 4 amide bonds. The van der Waals surface area contributed by atoms with Crippen LogP contribution < -0.4 is 27.0 Å². The van der Waals surface area contributed by atoms with E-state index in [4.69, 9.17) is 5.73 Å². The van der Waals surface area contributed by atoms with Crippen molar-refractivity contribution < 1.29 is 34.2 Å². The van der Waals surface area contributed by atoms with Gasteiger partial charge in [0.1, 0.15) is 23.9 Å². The van der Waals surface area contributed by atoms with Crippen LogP contribution >= 0.6 is 0 Å². The quantitative estimate of drug-likeness (QED) is 0.171. The SMILES string of the molecule is CC(C)CC(NC(=O)C(CCC(N)=O)NC(=O)C1CCCN1)C(=O)NC(Cc1ccc(O)cc1)C(=O)O. The lowest BCUT2D eigenvalue weighted by Gasteiger charge is -2.26. The Morgan fingerprint density at radius 1 is 1.00 bits per heavy atom. The molecular formula is C25H37N5O7. The minimum absolute atomic E-state index is 0.0288. The van der Waals surface area contributed by atoms with Crippen LogP contribution in [0.5, 0.6) is 5.75 Å². The largest absolute Gasteiger partial charge is 0.508 e. The van der Waals surface area contributed by atoms with Crippen molar-refractivity contribution in [1.29, 1.82) is 0 Å². The van der Waals surface area contributed by atoms with Crippen LogP contribution in [0.1, 0.15) is 51.5 Å². The first kappa shape index (κ1) is 29.6. The molecule has 1 heterocycles. The van der Waals surface area contributed by atoms with Gasteiger partial charge in [0, 0.05) is 12.8 Å². The normalized spacial score (nSPS) is 17.4. The highest BCUT2D eigenvalue weighted by Crippen LogP contribution is 2.13. The Kier molecular flexibility index (Phi) is 11.3. The lowest BCUT2D eigenvalue weighted by Crippen LogP contribution is -2.57. The first-order valence-corrected chi connectivity index (χ1v) is 12.4. The number of hydrogen-bond acceptors (Lipinski definition) is 7. The highest BCUT2D eigenvalue weighted by Gasteiger charge is 2.32. The molecule has 0 aliphatic carbocycles. The number of carboxylic acid groups (broad SMARTS) is 1. The van der Waals surface area contributed by atoms with Gasteiger partial charge in [0.25, 0.3) is 0 Å². The monoisotopic (exact) mass is 519 g/mol. The molecule has 0 saturated carbocycles. The number of benzene rings is 1. The van der Waals surface area contributed by atoms with Gasteiger partial charge >= 0.3 is 5.97 Å². The van der Waals surface area contributed by atoms with Gasteiger partial charge in [-0.2, -0.15) is 0 Å². The number of amides is 4. The van der Waals surface area contributed by atoms with E-state index in [0.29, 0.717) is 18.5 Å². The van der Waals surface area contributed by atoms with Crippen LogP contribution in [0.4, 0.5) is 0 Å². The second-order valence-electron chi connectivity index (χ2n) is 9.68. The average molecular weight is 520 g/mol. The number of nitrogens with one attached hydrogen (secondary N) is 4. The molecule has 1 aliphatic rings. The van der Waals surface area contributed by atoms with Gasteiger partial charge in [0.2, 0.25) is 23.6 Å². The zero-order chi connectivity index (χ0) is 27.5. The van der Waals surface area contributed by atoms with Gasteiger partial charge in [0.05, 0.1) is 6.04 Å². The molecule has 1 aromatic rings. The fourth-order valence-corrected chi connectivity index (χ4v) is 4.05. The van der Waals surface area contributed by atoms with Gasteiger partial charge in [-0.1, -0.05) is 26.0 Å². The van der Waals surface area contributed by atoms with Crippen LogP contribution in [0, 0.1) is 5.92 Å². The number of rotatable bonds is 14. The van der Waals surface area contributed by atoms with E-state index in [2.05, 4.69) is 21.3 Å². The Bertz CT molecular complexity index is 961. The van der Waals surface area contributed by atoms with E-state index >= 15 is 0 Å². The van der Waals surface area contributed by atoms with Crippen LogP contribution in [0.25, 0.3) is 0 Å². The second-order valence-corrected chi connectivity index (χ2v) is 9.68. The zero-order valence-corrected chi connectivity index (χ0v) is 21.2. The van der Waals surface area contributed by atoms with Gasteiger partial charge in [-0.25, -0.2) is 4.79 Å². The first-order valence-electron chi connectivity index (χ1n) is 12.4. The topological polar surface area (TPSA) is 200 Å². The van der Waals surface area contributed by atoms with Crippen LogP contribution in [-0.2, 0) is 30.4 Å². The number of carboxylic acids is 1. The predicted molar refractivity (Wildman–Crippen MR) is 134 cm³/mol. The molecule has 204 valence electrons. The van der Waals surface area contributed by atoms with E-state index < -0.39 is 47.9 Å². The molecule has 1 aromatic carbocycles. The molecule has 1 aliphatic heterocycles. The molecule has 37 heavy (non-hydrogen) atoms. The van der Waals surface area contributed by atoms with Crippen molar-refractivity contribution in [2.75, 3.05) is 6.54 Å². The Hall–Kier alpha value is -3.67. The Balaban J connectivity index is 2.13. The fourth-order valence-electron chi connectivity index (χ4n) is 4.05. The molecule has 12 heteroatoms. The van der Waals surface area contributed by atoms with Gasteiger partial charge in [-0.15, -0.1) is 0 Å². The summed E-state index contributed by atoms with van der Waals surface area (Å²) < 4.78 is 0. The van der Waals surface area contributed by atoms with Crippen LogP contribution in [0.2, 0.25) is 0 Å². The summed E-state index contributed by atoms with van der Waals surface area (Å²) in [5, 5.41) is 29.9. The van der Waals surface area contributed by atoms with Crippen molar-refractivity contribution in [2.24, 2.45) is 11.7 Å². The summed E-state index contributed by atoms with van der Waals surface area (Å²) in [7, 11) is 0. The number of carbonyl (C=O) groups is 5. The van der Waals surface area contributed by atoms with Gasteiger partial charge in [-0.3, -0.25) is 19.2 Å². The van der Waals surface area contributed by atoms with Gasteiger partial charge in [0.15, 0.2) is 0 Å². The van der Waals surface area contributed by atoms with E-state index in [-0.39, 0.29) is 43.3 Å². The third kappa shape index (κ3) is 10.1. The zero-order valence-electron chi connectivity index (χ0n) is 21.2. The summed E-state index contributed by atoms with van der Waals surface area (Å²) in [4.78, 5) is 62.0. The number of hydrogen-bond donors (Lipinski definition) is 7. The second kappa shape index (κ2) is 14.2. The lowest BCUT2D eigenvalue weighted by molar-refractivity contribution is -0.142. The summed E-state index contributed by atoms with van der Waals surface area (Å²) in [6.07, 6.45) is 1.42. The number of aromatic hydroxyl groups is 1. The van der Waals surface area contributed by atoms with Crippen molar-refractivity contribution in [3.8, 4) is 5.75 Å². The minimum Gasteiger partial charge on any atom is -0.508 e. The van der Waals surface area contributed by atoms with E-state index in [1.807, 2.05) is 13.8 Å². The molecule has 12 nitrogen and oxygen atoms in total. The third-order valence-corrected chi connectivity index (χ3v) is 6.02. The van der Waals surface area contributed by atoms with Gasteiger partial charge in [-0.05, 0) is 55.8 Å². The number of aliphatic carboxylic acids is 1. The van der Waals surface area contributed by atoms with Crippen molar-refractivity contribution in [1.82, 2.24) is 21.3 Å². The Morgan fingerprint density at radius 2 is 1.62 bits per heavy atom. The number of primary amides is 1. The van der Waals surface area contributed by atoms with Crippen molar-refractivity contribution in [3.63, 3.8) is 0 Å². The molecule has 4 atom stereocenters. The fraction of sp³-hybridized carbons (Fsp3) is 0.560. The molecule has 0 spiro atoms. The molecule has 0 aromatic heterocycles. The standard InChI is InChI=1S/C25H37N5O7/c1-14(2)12-19(24(35)30-20(25(36)37)13-15-5-7-16(31)8-6-15)29-23(34)18(9-10-21(26)32)28-22(33)17-4-3-11-27-17/h5-8,14,17-20,27,31H,3-4,9-13H2,1-2H3,(H2,26,32)(H,28,33)(H,29,34)(H,30,35)(H,36,37). The lowest BCUT2D eigenvalue weighted by atomic mass is 10.0. The highest BCUT2D eigenvalue weighted by atomic mass is 16.4. The summed E-state index contributed by atoms with van der Waals surface area (Å²) in [5.41, 5.74) is 5.82. The predicted octanol–water partition coefficient (Wildman–Crippen LogP) is -0.463. The molecule has 0 bridgehead atoms. The summed E-state index contributed by atoms with van der Waals surface area (Å²) >= 11 is 0. The molecule has 1 saturated heterocycles. The van der Waals surface area contributed by atoms with E-state index in [1.54, 1.807) is 12.1 Å².